The van der Waals surface area contributed by atoms with E-state index in [4.69, 9.17) is 5.11 Å². The summed E-state index contributed by atoms with van der Waals surface area (Å²) >= 11 is 0. The summed E-state index contributed by atoms with van der Waals surface area (Å²) in [5.74, 6) is -2.08. The van der Waals surface area contributed by atoms with Crippen molar-refractivity contribution in [3.63, 3.8) is 0 Å². The van der Waals surface area contributed by atoms with Gasteiger partial charge in [0.15, 0.2) is 0 Å². The summed E-state index contributed by atoms with van der Waals surface area (Å²) in [6.07, 6.45) is -0.486. The average Bonchev–Trinajstić information content (AvgIpc) is 2.51. The van der Waals surface area contributed by atoms with Crippen LogP contribution in [0.25, 0.3) is 0 Å². The lowest BCUT2D eigenvalue weighted by molar-refractivity contribution is -0.147. The second kappa shape index (κ2) is 7.02. The molecule has 1 atom stereocenters. The van der Waals surface area contributed by atoms with Crippen molar-refractivity contribution >= 4 is 17.8 Å². The van der Waals surface area contributed by atoms with Crippen LogP contribution in [0, 0.1) is 0 Å². The van der Waals surface area contributed by atoms with Gasteiger partial charge in [-0.3, -0.25) is 14.4 Å². The molecule has 1 aromatic carbocycles. The Balaban J connectivity index is 2.23. The van der Waals surface area contributed by atoms with Crippen molar-refractivity contribution in [2.45, 2.75) is 12.5 Å². The van der Waals surface area contributed by atoms with Gasteiger partial charge >= 0.3 is 5.97 Å². The van der Waals surface area contributed by atoms with Crippen LogP contribution in [0.1, 0.15) is 16.8 Å². The van der Waals surface area contributed by atoms with Crippen molar-refractivity contribution in [3.8, 4) is 0 Å². The van der Waals surface area contributed by atoms with Crippen LogP contribution in [0.5, 0.6) is 0 Å². The molecule has 0 radical (unpaired) electrons. The third-order valence-corrected chi connectivity index (χ3v) is 3.59. The smallest absolute Gasteiger partial charge is 0.305 e. The molecule has 22 heavy (non-hydrogen) atoms. The Morgan fingerprint density at radius 1 is 1.23 bits per heavy atom. The molecule has 2 amide bonds. The minimum atomic E-state index is -1.17. The van der Waals surface area contributed by atoms with Gasteiger partial charge in [-0.05, 0) is 12.1 Å². The Hall–Kier alpha value is -2.44. The summed E-state index contributed by atoms with van der Waals surface area (Å²) in [5, 5.41) is 8.99. The molecular weight excluding hydrogens is 291 g/mol. The second-order valence-electron chi connectivity index (χ2n) is 4.99. The van der Waals surface area contributed by atoms with E-state index >= 15 is 0 Å². The lowest BCUT2D eigenvalue weighted by Gasteiger charge is -2.39. The van der Waals surface area contributed by atoms with Gasteiger partial charge in [0.2, 0.25) is 5.91 Å². The van der Waals surface area contributed by atoms with Crippen LogP contribution < -0.4 is 0 Å². The van der Waals surface area contributed by atoms with Gasteiger partial charge in [-0.25, -0.2) is 4.39 Å². The number of hydrogen-bond acceptors (Lipinski definition) is 3. The highest BCUT2D eigenvalue weighted by Crippen LogP contribution is 2.18. The van der Waals surface area contributed by atoms with E-state index in [1.165, 1.54) is 9.80 Å². The summed E-state index contributed by atoms with van der Waals surface area (Å²) in [6.45, 7) is -0.380. The first-order chi connectivity index (χ1) is 10.5. The standard InChI is InChI=1S/C15H17FN2O4/c16-6-7-17-8-9-18(12(15(17)22)10-13(19)20)14(21)11-4-2-1-3-5-11/h1-5,12H,6-10H2,(H,19,20). The van der Waals surface area contributed by atoms with Gasteiger partial charge in [-0.1, -0.05) is 18.2 Å². The lowest BCUT2D eigenvalue weighted by atomic mass is 10.1. The zero-order valence-electron chi connectivity index (χ0n) is 11.9. The molecule has 1 saturated heterocycles. The zero-order valence-corrected chi connectivity index (χ0v) is 11.9. The summed E-state index contributed by atoms with van der Waals surface area (Å²) < 4.78 is 12.5. The number of alkyl halides is 1. The molecule has 1 aromatic rings. The molecule has 1 aliphatic heterocycles. The quantitative estimate of drug-likeness (QED) is 0.872. The average molecular weight is 308 g/mol. The molecule has 2 rings (SSSR count). The monoisotopic (exact) mass is 308 g/mol. The van der Waals surface area contributed by atoms with Crippen molar-refractivity contribution < 1.29 is 23.9 Å². The highest BCUT2D eigenvalue weighted by Gasteiger charge is 2.38. The van der Waals surface area contributed by atoms with Crippen LogP contribution in [-0.2, 0) is 9.59 Å². The number of carboxylic acids is 1. The van der Waals surface area contributed by atoms with Crippen molar-refractivity contribution in [2.75, 3.05) is 26.3 Å². The fourth-order valence-corrected chi connectivity index (χ4v) is 2.52. The van der Waals surface area contributed by atoms with Gasteiger partial charge in [0.25, 0.3) is 5.91 Å². The van der Waals surface area contributed by atoms with E-state index in [9.17, 15) is 18.8 Å². The van der Waals surface area contributed by atoms with Crippen LogP contribution >= 0.6 is 0 Å². The molecule has 1 fully saturated rings. The number of piperazine rings is 1. The molecule has 0 aliphatic carbocycles. The second-order valence-corrected chi connectivity index (χ2v) is 4.99. The van der Waals surface area contributed by atoms with Gasteiger partial charge in [-0.15, -0.1) is 0 Å². The van der Waals surface area contributed by atoms with E-state index < -0.39 is 31.0 Å². The Morgan fingerprint density at radius 3 is 2.50 bits per heavy atom. The predicted octanol–water partition coefficient (Wildman–Crippen LogP) is 0.784. The number of aliphatic carboxylic acids is 1. The molecular formula is C15H17FN2O4. The number of carboxylic acid groups (broad SMARTS) is 1. The first-order valence-corrected chi connectivity index (χ1v) is 6.97. The minimum Gasteiger partial charge on any atom is -0.481 e. The largest absolute Gasteiger partial charge is 0.481 e. The Labute approximate surface area is 127 Å². The van der Waals surface area contributed by atoms with E-state index in [0.717, 1.165) is 0 Å². The van der Waals surface area contributed by atoms with E-state index in [2.05, 4.69) is 0 Å². The topological polar surface area (TPSA) is 77.9 Å². The molecule has 6 nitrogen and oxygen atoms in total. The SMILES string of the molecule is O=C(O)CC1C(=O)N(CCF)CCN1C(=O)c1ccccc1. The van der Waals surface area contributed by atoms with Crippen molar-refractivity contribution in [1.29, 1.82) is 0 Å². The molecule has 0 bridgehead atoms. The van der Waals surface area contributed by atoms with Crippen LogP contribution in [0.15, 0.2) is 30.3 Å². The number of hydrogen-bond donors (Lipinski definition) is 1. The minimum absolute atomic E-state index is 0.0810. The molecule has 1 unspecified atom stereocenters. The number of carbonyl (C=O) groups excluding carboxylic acids is 2. The maximum absolute atomic E-state index is 12.5. The lowest BCUT2D eigenvalue weighted by Crippen LogP contribution is -2.59. The first-order valence-electron chi connectivity index (χ1n) is 6.97. The molecule has 1 N–H and O–H groups in total. The number of amides is 2. The summed E-state index contributed by atoms with van der Waals surface area (Å²) in [4.78, 5) is 38.3. The predicted molar refractivity (Wildman–Crippen MR) is 76.1 cm³/mol. The van der Waals surface area contributed by atoms with Crippen LogP contribution in [0.4, 0.5) is 4.39 Å². The molecule has 118 valence electrons. The molecule has 1 heterocycles. The van der Waals surface area contributed by atoms with E-state index in [1.54, 1.807) is 30.3 Å². The number of halogens is 1. The highest BCUT2D eigenvalue weighted by atomic mass is 19.1. The van der Waals surface area contributed by atoms with Crippen LogP contribution in [0.3, 0.4) is 0 Å². The van der Waals surface area contributed by atoms with Crippen molar-refractivity contribution in [1.82, 2.24) is 9.80 Å². The number of rotatable bonds is 5. The van der Waals surface area contributed by atoms with E-state index in [1.807, 2.05) is 0 Å². The summed E-state index contributed by atoms with van der Waals surface area (Å²) in [5.41, 5.74) is 0.393. The van der Waals surface area contributed by atoms with Gasteiger partial charge in [-0.2, -0.15) is 0 Å². The maximum Gasteiger partial charge on any atom is 0.305 e. The highest BCUT2D eigenvalue weighted by molar-refractivity contribution is 5.99. The molecule has 7 heteroatoms. The van der Waals surface area contributed by atoms with E-state index in [-0.39, 0.29) is 25.5 Å². The van der Waals surface area contributed by atoms with Gasteiger partial charge < -0.3 is 14.9 Å². The first kappa shape index (κ1) is 15.9. The normalized spacial score (nSPS) is 18.4. The summed E-state index contributed by atoms with van der Waals surface area (Å²) in [7, 11) is 0. The van der Waals surface area contributed by atoms with Crippen LogP contribution in [-0.4, -0.2) is 65.0 Å². The number of benzene rings is 1. The Kier molecular flexibility index (Phi) is 5.08. The van der Waals surface area contributed by atoms with Crippen LogP contribution in [0.2, 0.25) is 0 Å². The number of nitrogens with zero attached hydrogens (tertiary/aromatic N) is 2. The molecule has 0 saturated carbocycles. The molecule has 0 spiro atoms. The third kappa shape index (κ3) is 3.41. The fourth-order valence-electron chi connectivity index (χ4n) is 2.52. The Morgan fingerprint density at radius 2 is 1.91 bits per heavy atom. The van der Waals surface area contributed by atoms with Gasteiger partial charge in [0.1, 0.15) is 12.7 Å². The van der Waals surface area contributed by atoms with Gasteiger partial charge in [0.05, 0.1) is 6.42 Å². The zero-order chi connectivity index (χ0) is 16.1. The molecule has 0 aromatic heterocycles. The number of carbonyl (C=O) groups is 3. The Bertz CT molecular complexity index is 564. The van der Waals surface area contributed by atoms with Crippen molar-refractivity contribution in [2.24, 2.45) is 0 Å². The third-order valence-electron chi connectivity index (χ3n) is 3.59. The van der Waals surface area contributed by atoms with Gasteiger partial charge in [0, 0.05) is 25.2 Å². The van der Waals surface area contributed by atoms with E-state index in [0.29, 0.717) is 5.56 Å². The molecule has 1 aliphatic rings. The maximum atomic E-state index is 12.5. The summed E-state index contributed by atoms with van der Waals surface area (Å²) in [6, 6.07) is 7.28. The van der Waals surface area contributed by atoms with Crippen molar-refractivity contribution in [3.05, 3.63) is 35.9 Å². The fraction of sp³-hybridized carbons (Fsp3) is 0.400.